The summed E-state index contributed by atoms with van der Waals surface area (Å²) in [7, 11) is 1.82. The molecule has 1 heterocycles. The summed E-state index contributed by atoms with van der Waals surface area (Å²) in [6, 6.07) is 4.80. The van der Waals surface area contributed by atoms with E-state index in [9.17, 15) is 9.59 Å². The van der Waals surface area contributed by atoms with Crippen LogP contribution in [0.15, 0.2) is 18.2 Å². The third-order valence-corrected chi connectivity index (χ3v) is 4.54. The lowest BCUT2D eigenvalue weighted by Gasteiger charge is -2.17. The number of thioether (sulfide) groups is 1. The van der Waals surface area contributed by atoms with Gasteiger partial charge in [0.2, 0.25) is 17.8 Å². The summed E-state index contributed by atoms with van der Waals surface area (Å²) in [5.41, 5.74) is 1.58. The Morgan fingerprint density at radius 3 is 2.83 bits per heavy atom. The first-order valence-electron chi connectivity index (χ1n) is 7.67. The average Bonchev–Trinajstić information content (AvgIpc) is 2.86. The Kier molecular flexibility index (Phi) is 6.51. The van der Waals surface area contributed by atoms with E-state index in [0.717, 1.165) is 11.3 Å². The molecule has 0 spiro atoms. The van der Waals surface area contributed by atoms with Gasteiger partial charge in [0.05, 0.1) is 11.0 Å². The fraction of sp³-hybridized carbons (Fsp3) is 0.438. The second-order valence-electron chi connectivity index (χ2n) is 5.37. The monoisotopic (exact) mass is 368 g/mol. The molecule has 1 atom stereocenters. The maximum atomic E-state index is 12.6. The third kappa shape index (κ3) is 4.42. The van der Waals surface area contributed by atoms with Gasteiger partial charge in [0, 0.05) is 18.5 Å². The molecule has 2 rings (SSSR count). The summed E-state index contributed by atoms with van der Waals surface area (Å²) in [5, 5.41) is 6.15. The highest BCUT2D eigenvalue weighted by Crippen LogP contribution is 2.22. The van der Waals surface area contributed by atoms with Crippen molar-refractivity contribution in [3.05, 3.63) is 23.2 Å². The van der Waals surface area contributed by atoms with Crippen molar-refractivity contribution in [3.63, 3.8) is 0 Å². The number of nitrogens with one attached hydrogen (secondary N) is 2. The minimum absolute atomic E-state index is 0.145. The number of fused-ring (bicyclic) bond motifs is 1. The van der Waals surface area contributed by atoms with Crippen LogP contribution in [0.2, 0.25) is 5.02 Å². The topological polar surface area (TPSA) is 76.0 Å². The van der Waals surface area contributed by atoms with Crippen molar-refractivity contribution >= 4 is 52.2 Å². The first kappa shape index (κ1) is 18.6. The van der Waals surface area contributed by atoms with Crippen molar-refractivity contribution in [2.45, 2.75) is 25.8 Å². The molecule has 8 heteroatoms. The van der Waals surface area contributed by atoms with Crippen LogP contribution in [0.1, 0.15) is 19.8 Å². The van der Waals surface area contributed by atoms with E-state index >= 15 is 0 Å². The van der Waals surface area contributed by atoms with Gasteiger partial charge in [-0.3, -0.25) is 14.9 Å². The lowest BCUT2D eigenvalue weighted by atomic mass is 10.2. The van der Waals surface area contributed by atoms with Crippen molar-refractivity contribution in [1.82, 2.24) is 14.9 Å². The molecule has 1 aromatic heterocycles. The molecule has 1 aromatic carbocycles. The number of nitrogens with zero attached hydrogens (tertiary/aromatic N) is 2. The summed E-state index contributed by atoms with van der Waals surface area (Å²) in [6.07, 6.45) is 2.87. The van der Waals surface area contributed by atoms with Crippen LogP contribution in [0.4, 0.5) is 5.95 Å². The minimum atomic E-state index is -0.576. The first-order valence-corrected chi connectivity index (χ1v) is 9.44. The smallest absolute Gasteiger partial charge is 0.249 e. The van der Waals surface area contributed by atoms with Crippen molar-refractivity contribution in [3.8, 4) is 0 Å². The first-order chi connectivity index (χ1) is 11.5. The maximum Gasteiger partial charge on any atom is 0.249 e. The molecule has 2 N–H and O–H groups in total. The Labute approximate surface area is 150 Å². The van der Waals surface area contributed by atoms with Crippen LogP contribution in [-0.2, 0) is 16.6 Å². The molecule has 2 amide bonds. The SMILES string of the molecule is CCC(=O)NC(CCSC)C(=O)Nc1nc2cc(Cl)ccc2n1C. The lowest BCUT2D eigenvalue weighted by molar-refractivity contribution is -0.126. The number of carbonyl (C=O) groups excluding carboxylic acids is 2. The van der Waals surface area contributed by atoms with Crippen LogP contribution in [0, 0.1) is 0 Å². The predicted octanol–water partition coefficient (Wildman–Crippen LogP) is 2.81. The van der Waals surface area contributed by atoms with Crippen LogP contribution in [0.5, 0.6) is 0 Å². The van der Waals surface area contributed by atoms with Crippen LogP contribution in [0.3, 0.4) is 0 Å². The fourth-order valence-electron chi connectivity index (χ4n) is 2.28. The normalized spacial score (nSPS) is 12.2. The van der Waals surface area contributed by atoms with Crippen molar-refractivity contribution in [2.24, 2.45) is 7.05 Å². The Balaban J connectivity index is 2.18. The molecule has 130 valence electrons. The third-order valence-electron chi connectivity index (χ3n) is 3.66. The van der Waals surface area contributed by atoms with E-state index in [0.29, 0.717) is 29.3 Å². The van der Waals surface area contributed by atoms with Crippen molar-refractivity contribution < 1.29 is 9.59 Å². The summed E-state index contributed by atoms with van der Waals surface area (Å²) in [4.78, 5) is 28.6. The van der Waals surface area contributed by atoms with Gasteiger partial charge in [-0.25, -0.2) is 4.98 Å². The number of rotatable bonds is 7. The fourth-order valence-corrected chi connectivity index (χ4v) is 2.92. The maximum absolute atomic E-state index is 12.6. The number of benzene rings is 1. The molecule has 1 unspecified atom stereocenters. The zero-order valence-electron chi connectivity index (χ0n) is 13.9. The summed E-state index contributed by atoms with van der Waals surface area (Å²) >= 11 is 7.61. The van der Waals surface area contributed by atoms with E-state index in [1.807, 2.05) is 19.4 Å². The van der Waals surface area contributed by atoms with Gasteiger partial charge in [0.1, 0.15) is 6.04 Å². The van der Waals surface area contributed by atoms with Gasteiger partial charge in [0.25, 0.3) is 0 Å². The van der Waals surface area contributed by atoms with Gasteiger partial charge in [0.15, 0.2) is 0 Å². The van der Waals surface area contributed by atoms with Crippen molar-refractivity contribution in [1.29, 1.82) is 0 Å². The van der Waals surface area contributed by atoms with Gasteiger partial charge in [-0.1, -0.05) is 18.5 Å². The highest BCUT2D eigenvalue weighted by atomic mass is 35.5. The predicted molar refractivity (Wildman–Crippen MR) is 99.6 cm³/mol. The molecule has 24 heavy (non-hydrogen) atoms. The number of aryl methyl sites for hydroxylation is 1. The molecule has 0 aliphatic carbocycles. The average molecular weight is 369 g/mol. The standard InChI is InChI=1S/C16H21ClN4O2S/c1-4-14(22)18-11(7-8-24-3)15(23)20-16-19-12-9-10(17)5-6-13(12)21(16)2/h5-6,9,11H,4,7-8H2,1-3H3,(H,18,22)(H,19,20,23). The summed E-state index contributed by atoms with van der Waals surface area (Å²) in [6.45, 7) is 1.76. The number of carbonyl (C=O) groups is 2. The Morgan fingerprint density at radius 2 is 2.17 bits per heavy atom. The molecule has 0 fully saturated rings. The molecule has 0 saturated heterocycles. The molecule has 0 aliphatic heterocycles. The van der Waals surface area contributed by atoms with E-state index in [1.54, 1.807) is 35.4 Å². The summed E-state index contributed by atoms with van der Waals surface area (Å²) < 4.78 is 1.79. The van der Waals surface area contributed by atoms with Gasteiger partial charge in [-0.2, -0.15) is 11.8 Å². The molecule has 0 aliphatic rings. The Bertz CT molecular complexity index is 747. The zero-order valence-corrected chi connectivity index (χ0v) is 15.5. The summed E-state index contributed by atoms with van der Waals surface area (Å²) in [5.74, 6) is 0.792. The molecule has 0 radical (unpaired) electrons. The second kappa shape index (κ2) is 8.39. The largest absolute Gasteiger partial charge is 0.344 e. The number of amides is 2. The number of imidazole rings is 1. The molecular weight excluding hydrogens is 348 g/mol. The van der Waals surface area contributed by atoms with E-state index in [1.165, 1.54) is 0 Å². The van der Waals surface area contributed by atoms with Crippen molar-refractivity contribution in [2.75, 3.05) is 17.3 Å². The van der Waals surface area contributed by atoms with Gasteiger partial charge in [-0.05, 0) is 36.6 Å². The molecule has 6 nitrogen and oxygen atoms in total. The van der Waals surface area contributed by atoms with Crippen LogP contribution in [0.25, 0.3) is 11.0 Å². The number of aromatic nitrogens is 2. The number of hydrogen-bond donors (Lipinski definition) is 2. The van der Waals surface area contributed by atoms with Crippen LogP contribution < -0.4 is 10.6 Å². The Hall–Kier alpha value is -1.73. The molecule has 0 bridgehead atoms. The van der Waals surface area contributed by atoms with E-state index in [-0.39, 0.29) is 11.8 Å². The molecule has 0 saturated carbocycles. The van der Waals surface area contributed by atoms with Crippen LogP contribution >= 0.6 is 23.4 Å². The number of halogens is 1. The highest BCUT2D eigenvalue weighted by molar-refractivity contribution is 7.98. The van der Waals surface area contributed by atoms with Gasteiger partial charge >= 0.3 is 0 Å². The Morgan fingerprint density at radius 1 is 1.42 bits per heavy atom. The zero-order chi connectivity index (χ0) is 17.7. The second-order valence-corrected chi connectivity index (χ2v) is 6.79. The lowest BCUT2D eigenvalue weighted by Crippen LogP contribution is -2.44. The minimum Gasteiger partial charge on any atom is -0.344 e. The van der Waals surface area contributed by atoms with Gasteiger partial charge < -0.3 is 9.88 Å². The highest BCUT2D eigenvalue weighted by Gasteiger charge is 2.21. The van der Waals surface area contributed by atoms with E-state index < -0.39 is 6.04 Å². The van der Waals surface area contributed by atoms with E-state index in [2.05, 4.69) is 15.6 Å². The number of anilines is 1. The quantitative estimate of drug-likeness (QED) is 0.787. The van der Waals surface area contributed by atoms with E-state index in [4.69, 9.17) is 11.6 Å². The molecule has 2 aromatic rings. The van der Waals surface area contributed by atoms with Gasteiger partial charge in [-0.15, -0.1) is 0 Å². The molecular formula is C16H21ClN4O2S. The van der Waals surface area contributed by atoms with Crippen LogP contribution in [-0.4, -0.2) is 39.4 Å². The number of hydrogen-bond acceptors (Lipinski definition) is 4.